The SMILES string of the molecule is O=[N+]([O-])c1cccc(S(=O)(=O)NCc2nnc(-c3ccncc3)o2)c1. The first kappa shape index (κ1) is 16.7. The fourth-order valence-electron chi connectivity index (χ4n) is 1.94. The fourth-order valence-corrected chi connectivity index (χ4v) is 2.95. The van der Waals surface area contributed by atoms with Crippen LogP contribution in [0.25, 0.3) is 11.5 Å². The van der Waals surface area contributed by atoms with Crippen molar-refractivity contribution in [3.63, 3.8) is 0 Å². The Labute approximate surface area is 141 Å². The van der Waals surface area contributed by atoms with Crippen LogP contribution in [-0.2, 0) is 16.6 Å². The van der Waals surface area contributed by atoms with Gasteiger partial charge < -0.3 is 4.42 Å². The molecule has 11 heteroatoms. The highest BCUT2D eigenvalue weighted by Gasteiger charge is 2.19. The minimum Gasteiger partial charge on any atom is -0.419 e. The number of sulfonamides is 1. The predicted octanol–water partition coefficient (Wildman–Crippen LogP) is 1.52. The van der Waals surface area contributed by atoms with Crippen molar-refractivity contribution in [2.24, 2.45) is 0 Å². The third-order valence-corrected chi connectivity index (χ3v) is 4.55. The van der Waals surface area contributed by atoms with E-state index in [0.29, 0.717) is 5.56 Å². The summed E-state index contributed by atoms with van der Waals surface area (Å²) in [7, 11) is -3.96. The number of nitrogens with zero attached hydrogens (tertiary/aromatic N) is 4. The second-order valence-electron chi connectivity index (χ2n) is 4.82. The fraction of sp³-hybridized carbons (Fsp3) is 0.0714. The monoisotopic (exact) mass is 361 g/mol. The van der Waals surface area contributed by atoms with E-state index in [1.165, 1.54) is 18.2 Å². The lowest BCUT2D eigenvalue weighted by atomic mass is 10.3. The van der Waals surface area contributed by atoms with Gasteiger partial charge in [-0.1, -0.05) is 6.07 Å². The van der Waals surface area contributed by atoms with Crippen molar-refractivity contribution in [1.29, 1.82) is 0 Å². The van der Waals surface area contributed by atoms with Gasteiger partial charge in [0.15, 0.2) is 0 Å². The van der Waals surface area contributed by atoms with Crippen molar-refractivity contribution in [1.82, 2.24) is 19.9 Å². The maximum atomic E-state index is 12.2. The molecule has 3 rings (SSSR count). The summed E-state index contributed by atoms with van der Waals surface area (Å²) in [6, 6.07) is 8.07. The summed E-state index contributed by atoms with van der Waals surface area (Å²) in [5.41, 5.74) is 0.330. The first-order valence-corrected chi connectivity index (χ1v) is 8.41. The lowest BCUT2D eigenvalue weighted by Crippen LogP contribution is -2.23. The van der Waals surface area contributed by atoms with Gasteiger partial charge in [-0.05, 0) is 18.2 Å². The van der Waals surface area contributed by atoms with Crippen LogP contribution in [0.1, 0.15) is 5.89 Å². The van der Waals surface area contributed by atoms with E-state index in [-0.39, 0.29) is 28.9 Å². The molecule has 0 amide bonds. The Morgan fingerprint density at radius 1 is 1.16 bits per heavy atom. The lowest BCUT2D eigenvalue weighted by Gasteiger charge is -2.04. The largest absolute Gasteiger partial charge is 0.419 e. The molecule has 2 heterocycles. The van der Waals surface area contributed by atoms with Crippen molar-refractivity contribution in [3.8, 4) is 11.5 Å². The standard InChI is InChI=1S/C14H11N5O5S/c20-19(21)11-2-1-3-12(8-11)25(22,23)16-9-13-17-18-14(24-13)10-4-6-15-7-5-10/h1-8,16H,9H2. The highest BCUT2D eigenvalue weighted by atomic mass is 32.2. The van der Waals surface area contributed by atoms with E-state index >= 15 is 0 Å². The highest BCUT2D eigenvalue weighted by Crippen LogP contribution is 2.18. The van der Waals surface area contributed by atoms with Gasteiger partial charge in [-0.25, -0.2) is 13.1 Å². The van der Waals surface area contributed by atoms with Crippen LogP contribution in [0, 0.1) is 10.1 Å². The second kappa shape index (κ2) is 6.75. The van der Waals surface area contributed by atoms with E-state index in [9.17, 15) is 18.5 Å². The van der Waals surface area contributed by atoms with Gasteiger partial charge in [-0.3, -0.25) is 15.1 Å². The Kier molecular flexibility index (Phi) is 4.50. The van der Waals surface area contributed by atoms with Gasteiger partial charge in [0.25, 0.3) is 5.69 Å². The van der Waals surface area contributed by atoms with Crippen LogP contribution in [0.15, 0.2) is 58.1 Å². The number of aromatic nitrogens is 3. The summed E-state index contributed by atoms with van der Waals surface area (Å²) in [6.07, 6.45) is 3.12. The Bertz CT molecular complexity index is 1000. The predicted molar refractivity (Wildman–Crippen MR) is 84.7 cm³/mol. The van der Waals surface area contributed by atoms with Crippen molar-refractivity contribution in [3.05, 3.63) is 64.8 Å². The summed E-state index contributed by atoms with van der Waals surface area (Å²) >= 11 is 0. The first-order chi connectivity index (χ1) is 12.0. The van der Waals surface area contributed by atoms with E-state index in [0.717, 1.165) is 6.07 Å². The summed E-state index contributed by atoms with van der Waals surface area (Å²) < 4.78 is 32.1. The van der Waals surface area contributed by atoms with Crippen molar-refractivity contribution >= 4 is 15.7 Å². The molecule has 25 heavy (non-hydrogen) atoms. The molecule has 128 valence electrons. The van der Waals surface area contributed by atoms with E-state index in [1.54, 1.807) is 24.5 Å². The molecular weight excluding hydrogens is 350 g/mol. The van der Waals surface area contributed by atoms with Crippen molar-refractivity contribution in [2.75, 3.05) is 0 Å². The number of hydrogen-bond acceptors (Lipinski definition) is 8. The smallest absolute Gasteiger partial charge is 0.270 e. The number of hydrogen-bond donors (Lipinski definition) is 1. The summed E-state index contributed by atoms with van der Waals surface area (Å²) in [4.78, 5) is 13.7. The minimum atomic E-state index is -3.96. The zero-order valence-corrected chi connectivity index (χ0v) is 13.4. The Morgan fingerprint density at radius 3 is 2.64 bits per heavy atom. The number of nitro benzene ring substituents is 1. The number of benzene rings is 1. The molecule has 1 aromatic carbocycles. The molecule has 0 unspecified atom stereocenters. The van der Waals surface area contributed by atoms with Gasteiger partial charge in [0.05, 0.1) is 16.4 Å². The molecule has 0 radical (unpaired) electrons. The Morgan fingerprint density at radius 2 is 1.92 bits per heavy atom. The van der Waals surface area contributed by atoms with Gasteiger partial charge >= 0.3 is 0 Å². The maximum absolute atomic E-state index is 12.2. The molecule has 1 N–H and O–H groups in total. The molecule has 3 aromatic rings. The van der Waals surface area contributed by atoms with Gasteiger partial charge in [-0.15, -0.1) is 10.2 Å². The van der Waals surface area contributed by atoms with Crippen LogP contribution in [0.2, 0.25) is 0 Å². The summed E-state index contributed by atoms with van der Waals surface area (Å²) in [6.45, 7) is -0.247. The van der Waals surface area contributed by atoms with E-state index < -0.39 is 14.9 Å². The van der Waals surface area contributed by atoms with E-state index in [4.69, 9.17) is 4.42 Å². The molecule has 0 aliphatic carbocycles. The van der Waals surface area contributed by atoms with Crippen LogP contribution in [-0.4, -0.2) is 28.5 Å². The maximum Gasteiger partial charge on any atom is 0.270 e. The van der Waals surface area contributed by atoms with Crippen LogP contribution in [0.3, 0.4) is 0 Å². The van der Waals surface area contributed by atoms with E-state index in [2.05, 4.69) is 19.9 Å². The molecular formula is C14H11N5O5S. The average Bonchev–Trinajstić information content (AvgIpc) is 3.10. The number of nitro groups is 1. The summed E-state index contributed by atoms with van der Waals surface area (Å²) in [5.74, 6) is 0.285. The van der Waals surface area contributed by atoms with E-state index in [1.807, 2.05) is 0 Å². The highest BCUT2D eigenvalue weighted by molar-refractivity contribution is 7.89. The molecule has 0 aliphatic rings. The number of pyridine rings is 1. The third kappa shape index (κ3) is 3.84. The quantitative estimate of drug-likeness (QED) is 0.514. The van der Waals surface area contributed by atoms with Gasteiger partial charge in [-0.2, -0.15) is 0 Å². The van der Waals surface area contributed by atoms with Gasteiger partial charge in [0, 0.05) is 30.1 Å². The molecule has 0 atom stereocenters. The topological polar surface area (TPSA) is 141 Å². The molecule has 10 nitrogen and oxygen atoms in total. The van der Waals surface area contributed by atoms with Crippen LogP contribution in [0.4, 0.5) is 5.69 Å². The Hall–Kier alpha value is -3.18. The minimum absolute atomic E-state index is 0.0563. The van der Waals surface area contributed by atoms with Crippen LogP contribution >= 0.6 is 0 Å². The first-order valence-electron chi connectivity index (χ1n) is 6.92. The Balaban J connectivity index is 1.74. The average molecular weight is 361 g/mol. The second-order valence-corrected chi connectivity index (χ2v) is 6.58. The zero-order chi connectivity index (χ0) is 17.9. The summed E-state index contributed by atoms with van der Waals surface area (Å²) in [5, 5.41) is 18.3. The number of rotatable bonds is 6. The van der Waals surface area contributed by atoms with Crippen LogP contribution in [0.5, 0.6) is 0 Å². The molecule has 2 aromatic heterocycles. The van der Waals surface area contributed by atoms with Crippen molar-refractivity contribution < 1.29 is 17.8 Å². The molecule has 0 saturated heterocycles. The van der Waals surface area contributed by atoms with Crippen LogP contribution < -0.4 is 4.72 Å². The van der Waals surface area contributed by atoms with Crippen molar-refractivity contribution in [2.45, 2.75) is 11.4 Å². The van der Waals surface area contributed by atoms with Gasteiger partial charge in [0.2, 0.25) is 21.8 Å². The molecule has 0 aliphatic heterocycles. The normalized spacial score (nSPS) is 11.4. The lowest BCUT2D eigenvalue weighted by molar-refractivity contribution is -0.385. The molecule has 0 saturated carbocycles. The third-order valence-electron chi connectivity index (χ3n) is 3.15. The number of nitrogens with one attached hydrogen (secondary N) is 1. The molecule has 0 bridgehead atoms. The van der Waals surface area contributed by atoms with Gasteiger partial charge in [0.1, 0.15) is 0 Å². The number of non-ortho nitro benzene ring substituents is 1. The molecule has 0 spiro atoms. The molecule has 0 fully saturated rings. The zero-order valence-electron chi connectivity index (χ0n) is 12.6.